The van der Waals surface area contributed by atoms with Crippen LogP contribution >= 0.6 is 11.3 Å². The van der Waals surface area contributed by atoms with Crippen molar-refractivity contribution in [2.45, 2.75) is 20.8 Å². The van der Waals surface area contributed by atoms with Crippen LogP contribution in [0.5, 0.6) is 0 Å². The van der Waals surface area contributed by atoms with E-state index in [9.17, 15) is 0 Å². The Kier molecular flexibility index (Phi) is 2.48. The van der Waals surface area contributed by atoms with Crippen LogP contribution in [-0.4, -0.2) is 24.6 Å². The molecule has 0 unspecified atom stereocenters. The van der Waals surface area contributed by atoms with Crippen molar-refractivity contribution in [3.63, 3.8) is 0 Å². The fraction of sp³-hybridized carbons (Fsp3) is 0.273. The average Bonchev–Trinajstić information content (AvgIpc) is 2.80. The number of nitrogens with one attached hydrogen (secondary N) is 1. The van der Waals surface area contributed by atoms with Crippen LogP contribution in [0.3, 0.4) is 0 Å². The number of anilines is 2. The van der Waals surface area contributed by atoms with E-state index in [-0.39, 0.29) is 0 Å². The zero-order valence-corrected chi connectivity index (χ0v) is 11.1. The lowest BCUT2D eigenvalue weighted by Gasteiger charge is -2.02. The third-order valence-electron chi connectivity index (χ3n) is 2.45. The smallest absolute Gasteiger partial charge is 0.250 e. The molecule has 0 aliphatic carbocycles. The first-order valence-electron chi connectivity index (χ1n) is 5.52. The van der Waals surface area contributed by atoms with Gasteiger partial charge in [0.05, 0.1) is 5.69 Å². The van der Waals surface area contributed by atoms with Crippen molar-refractivity contribution in [2.24, 2.45) is 0 Å². The van der Waals surface area contributed by atoms with Crippen LogP contribution in [0.1, 0.15) is 17.1 Å². The molecule has 0 fully saturated rings. The molecule has 1 N–H and O–H groups in total. The number of rotatable bonds is 2. The third-order valence-corrected chi connectivity index (χ3v) is 3.39. The Labute approximate surface area is 108 Å². The lowest BCUT2D eigenvalue weighted by molar-refractivity contribution is 0.932. The molecular weight excluding hydrogens is 248 g/mol. The highest BCUT2D eigenvalue weighted by Gasteiger charge is 2.08. The van der Waals surface area contributed by atoms with Gasteiger partial charge in [0, 0.05) is 16.8 Å². The van der Waals surface area contributed by atoms with Crippen molar-refractivity contribution in [1.29, 1.82) is 0 Å². The minimum absolute atomic E-state index is 0.523. The van der Waals surface area contributed by atoms with E-state index in [4.69, 9.17) is 0 Å². The molecule has 18 heavy (non-hydrogen) atoms. The summed E-state index contributed by atoms with van der Waals surface area (Å²) in [5.41, 5.74) is 2.90. The largest absolute Gasteiger partial charge is 0.291 e. The molecule has 0 spiro atoms. The molecule has 0 saturated carbocycles. The summed E-state index contributed by atoms with van der Waals surface area (Å²) in [6, 6.07) is 1.93. The Hall–Kier alpha value is -2.02. The van der Waals surface area contributed by atoms with Crippen molar-refractivity contribution >= 4 is 28.2 Å². The summed E-state index contributed by atoms with van der Waals surface area (Å²) in [5, 5.41) is 9.40. The van der Waals surface area contributed by atoms with Crippen molar-refractivity contribution < 1.29 is 0 Å². The molecule has 0 atom stereocenters. The van der Waals surface area contributed by atoms with E-state index in [1.807, 2.05) is 32.2 Å². The molecular formula is C11H12N6S. The Balaban J connectivity index is 1.95. The van der Waals surface area contributed by atoms with Gasteiger partial charge in [0.15, 0.2) is 0 Å². The minimum atomic E-state index is 0.523. The SMILES string of the molecule is Cc1cc(C)nc(Nc2nc3scc(C)n3n2)n1. The number of hydrogen-bond acceptors (Lipinski definition) is 6. The zero-order chi connectivity index (χ0) is 12.7. The normalized spacial score (nSPS) is 11.1. The molecule has 0 saturated heterocycles. The maximum Gasteiger partial charge on any atom is 0.250 e. The molecule has 92 valence electrons. The lowest BCUT2D eigenvalue weighted by Crippen LogP contribution is -2.01. The van der Waals surface area contributed by atoms with E-state index >= 15 is 0 Å². The van der Waals surface area contributed by atoms with Gasteiger partial charge in [-0.1, -0.05) is 0 Å². The maximum absolute atomic E-state index is 4.37. The molecule has 3 rings (SSSR count). The van der Waals surface area contributed by atoms with E-state index in [2.05, 4.69) is 25.4 Å². The first-order valence-corrected chi connectivity index (χ1v) is 6.40. The highest BCUT2D eigenvalue weighted by molar-refractivity contribution is 7.15. The molecule has 0 aliphatic rings. The third kappa shape index (κ3) is 1.92. The van der Waals surface area contributed by atoms with Crippen LogP contribution in [0.15, 0.2) is 11.4 Å². The molecule has 0 aliphatic heterocycles. The number of thiazole rings is 1. The van der Waals surface area contributed by atoms with Gasteiger partial charge in [0.2, 0.25) is 10.9 Å². The Bertz CT molecular complexity index is 693. The number of nitrogens with zero attached hydrogens (tertiary/aromatic N) is 5. The zero-order valence-electron chi connectivity index (χ0n) is 10.3. The fourth-order valence-corrected chi connectivity index (χ4v) is 2.53. The lowest BCUT2D eigenvalue weighted by atomic mass is 10.4. The van der Waals surface area contributed by atoms with Crippen LogP contribution in [0.25, 0.3) is 4.96 Å². The van der Waals surface area contributed by atoms with E-state index < -0.39 is 0 Å². The van der Waals surface area contributed by atoms with E-state index in [0.717, 1.165) is 22.0 Å². The average molecular weight is 260 g/mol. The molecule has 0 radical (unpaired) electrons. The van der Waals surface area contributed by atoms with Gasteiger partial charge in [-0.3, -0.25) is 5.32 Å². The first-order chi connectivity index (χ1) is 8.61. The summed E-state index contributed by atoms with van der Waals surface area (Å²) in [6.45, 7) is 5.86. The van der Waals surface area contributed by atoms with Gasteiger partial charge in [-0.05, 0) is 26.8 Å². The van der Waals surface area contributed by atoms with E-state index in [1.165, 1.54) is 0 Å². The second kappa shape index (κ2) is 4.02. The standard InChI is InChI=1S/C11H12N6S/c1-6-4-7(2)13-9(12-6)14-10-15-11-17(16-10)8(3)5-18-11/h4-5H,1-3H3,(H,12,13,14,16). The second-order valence-corrected chi connectivity index (χ2v) is 4.94. The van der Waals surface area contributed by atoms with Crippen LogP contribution < -0.4 is 5.32 Å². The van der Waals surface area contributed by atoms with Crippen molar-refractivity contribution in [3.05, 3.63) is 28.5 Å². The van der Waals surface area contributed by atoms with Gasteiger partial charge in [0.25, 0.3) is 5.95 Å². The van der Waals surface area contributed by atoms with Gasteiger partial charge in [-0.2, -0.15) is 4.98 Å². The fourth-order valence-electron chi connectivity index (χ4n) is 1.73. The predicted octanol–water partition coefficient (Wildman–Crippen LogP) is 2.25. The second-order valence-electron chi connectivity index (χ2n) is 4.11. The van der Waals surface area contributed by atoms with Crippen LogP contribution in [-0.2, 0) is 0 Å². The number of aryl methyl sites for hydroxylation is 3. The van der Waals surface area contributed by atoms with Crippen molar-refractivity contribution in [2.75, 3.05) is 5.32 Å². The van der Waals surface area contributed by atoms with E-state index in [0.29, 0.717) is 11.9 Å². The van der Waals surface area contributed by atoms with E-state index in [1.54, 1.807) is 15.9 Å². The first kappa shape index (κ1) is 11.1. The topological polar surface area (TPSA) is 68.0 Å². The van der Waals surface area contributed by atoms with Crippen LogP contribution in [0.2, 0.25) is 0 Å². The van der Waals surface area contributed by atoms with Crippen molar-refractivity contribution in [3.8, 4) is 0 Å². The van der Waals surface area contributed by atoms with Gasteiger partial charge in [0.1, 0.15) is 0 Å². The van der Waals surface area contributed by atoms with Gasteiger partial charge in [-0.25, -0.2) is 14.5 Å². The Morgan fingerprint density at radius 3 is 2.44 bits per heavy atom. The highest BCUT2D eigenvalue weighted by atomic mass is 32.1. The summed E-state index contributed by atoms with van der Waals surface area (Å²) < 4.78 is 1.80. The molecule has 0 aromatic carbocycles. The molecule has 0 bridgehead atoms. The summed E-state index contributed by atoms with van der Waals surface area (Å²) in [5.74, 6) is 1.05. The highest BCUT2D eigenvalue weighted by Crippen LogP contribution is 2.17. The molecule has 3 heterocycles. The quantitative estimate of drug-likeness (QED) is 0.765. The molecule has 6 nitrogen and oxygen atoms in total. The predicted molar refractivity (Wildman–Crippen MR) is 70.4 cm³/mol. The molecule has 3 aromatic rings. The van der Waals surface area contributed by atoms with Crippen LogP contribution in [0, 0.1) is 20.8 Å². The Morgan fingerprint density at radius 2 is 1.78 bits per heavy atom. The molecule has 3 aromatic heterocycles. The number of fused-ring (bicyclic) bond motifs is 1. The van der Waals surface area contributed by atoms with Crippen LogP contribution in [0.4, 0.5) is 11.9 Å². The molecule has 0 amide bonds. The van der Waals surface area contributed by atoms with Crippen molar-refractivity contribution in [1.82, 2.24) is 24.6 Å². The maximum atomic E-state index is 4.37. The summed E-state index contributed by atoms with van der Waals surface area (Å²) >= 11 is 1.56. The summed E-state index contributed by atoms with van der Waals surface area (Å²) in [4.78, 5) is 13.8. The monoisotopic (exact) mass is 260 g/mol. The number of hydrogen-bond donors (Lipinski definition) is 1. The molecule has 7 heteroatoms. The van der Waals surface area contributed by atoms with Gasteiger partial charge < -0.3 is 0 Å². The van der Waals surface area contributed by atoms with Gasteiger partial charge in [-0.15, -0.1) is 16.4 Å². The number of aromatic nitrogens is 5. The Morgan fingerprint density at radius 1 is 1.06 bits per heavy atom. The van der Waals surface area contributed by atoms with Gasteiger partial charge >= 0.3 is 0 Å². The minimum Gasteiger partial charge on any atom is -0.291 e. The summed E-state index contributed by atoms with van der Waals surface area (Å²) in [7, 11) is 0. The summed E-state index contributed by atoms with van der Waals surface area (Å²) in [6.07, 6.45) is 0.